The summed E-state index contributed by atoms with van der Waals surface area (Å²) in [5.41, 5.74) is 3.09. The molecule has 8 nitrogen and oxygen atoms in total. The molecule has 0 aliphatic carbocycles. The van der Waals surface area contributed by atoms with Crippen molar-refractivity contribution in [3.63, 3.8) is 0 Å². The Balaban J connectivity index is 2.31. The van der Waals surface area contributed by atoms with Gasteiger partial charge in [0, 0.05) is 36.4 Å². The van der Waals surface area contributed by atoms with Crippen molar-refractivity contribution in [3.05, 3.63) is 53.6 Å². The van der Waals surface area contributed by atoms with Crippen molar-refractivity contribution in [2.45, 2.75) is 60.8 Å². The number of rotatable bonds is 13. The highest BCUT2D eigenvalue weighted by Gasteiger charge is 2.31. The maximum atomic E-state index is 13.3. The Kier molecular flexibility index (Phi) is 11.2. The second kappa shape index (κ2) is 13.7. The van der Waals surface area contributed by atoms with E-state index in [2.05, 4.69) is 22.0 Å². The molecule has 0 heterocycles. The van der Waals surface area contributed by atoms with Crippen LogP contribution in [0.4, 0.5) is 17.1 Å². The predicted molar refractivity (Wildman–Crippen MR) is 157 cm³/mol. The van der Waals surface area contributed by atoms with E-state index in [-0.39, 0.29) is 18.0 Å². The predicted octanol–water partition coefficient (Wildman–Crippen LogP) is 5.04. The molecular formula is C29H42N4O4S. The number of nitrogens with one attached hydrogen (secondary N) is 2. The van der Waals surface area contributed by atoms with Crippen LogP contribution in [0.3, 0.4) is 0 Å². The number of amides is 1. The summed E-state index contributed by atoms with van der Waals surface area (Å²) in [5.74, 6) is -0.892. The third-order valence-electron chi connectivity index (χ3n) is 6.05. The number of Topliss-reactive ketones (excluding diaryl/α,β-unsaturated/α-hetero) is 1. The molecule has 2 aromatic rings. The summed E-state index contributed by atoms with van der Waals surface area (Å²) >= 11 is 0. The number of carbonyl (C=O) groups excluding carboxylic acids is 2. The van der Waals surface area contributed by atoms with E-state index in [1.807, 2.05) is 55.1 Å². The second-order valence-electron chi connectivity index (χ2n) is 10.5. The molecule has 0 unspecified atom stereocenters. The third kappa shape index (κ3) is 9.68. The molecule has 0 atom stereocenters. The molecule has 1 amide bonds. The van der Waals surface area contributed by atoms with E-state index in [1.54, 1.807) is 26.8 Å². The first kappa shape index (κ1) is 31.2. The molecule has 38 heavy (non-hydrogen) atoms. The molecular weight excluding hydrogens is 500 g/mol. The standard InChI is InChI=1S/C29H42N4O4S/c1-8-10-11-22-12-14-23(15-13-22)31-28(35)26(27(34)29(4,5)6)32-25-17-16-24(20-21(25)3)33(9-2)19-18-30-38(7,36)37/h12-17,20,30H,8-11,18-19H2,1-7H3,(H,31,35). The Bertz CT molecular complexity index is 1250. The lowest BCUT2D eigenvalue weighted by molar-refractivity contribution is -0.121. The van der Waals surface area contributed by atoms with E-state index < -0.39 is 21.3 Å². The van der Waals surface area contributed by atoms with Crippen molar-refractivity contribution < 1.29 is 18.0 Å². The fraction of sp³-hybridized carbons (Fsp3) is 0.483. The van der Waals surface area contributed by atoms with Gasteiger partial charge in [0.05, 0.1) is 11.9 Å². The minimum atomic E-state index is -3.26. The minimum absolute atomic E-state index is 0.145. The van der Waals surface area contributed by atoms with Crippen LogP contribution in [0.15, 0.2) is 47.5 Å². The first-order chi connectivity index (χ1) is 17.7. The van der Waals surface area contributed by atoms with Crippen molar-refractivity contribution in [1.29, 1.82) is 0 Å². The smallest absolute Gasteiger partial charge is 0.278 e. The lowest BCUT2D eigenvalue weighted by atomic mass is 9.87. The molecule has 0 bridgehead atoms. The zero-order valence-electron chi connectivity index (χ0n) is 23.7. The minimum Gasteiger partial charge on any atom is -0.370 e. The van der Waals surface area contributed by atoms with Crippen LogP contribution in [0, 0.1) is 12.3 Å². The molecule has 0 radical (unpaired) electrons. The number of benzene rings is 2. The van der Waals surface area contributed by atoms with Gasteiger partial charge in [0.2, 0.25) is 10.0 Å². The number of hydrogen-bond acceptors (Lipinski definition) is 6. The molecule has 0 saturated heterocycles. The molecule has 0 aliphatic rings. The van der Waals surface area contributed by atoms with Crippen molar-refractivity contribution in [3.8, 4) is 0 Å². The zero-order chi connectivity index (χ0) is 28.5. The fourth-order valence-corrected chi connectivity index (χ4v) is 4.27. The second-order valence-corrected chi connectivity index (χ2v) is 12.3. The summed E-state index contributed by atoms with van der Waals surface area (Å²) in [6.45, 7) is 12.8. The van der Waals surface area contributed by atoms with Crippen molar-refractivity contribution in [2.24, 2.45) is 10.4 Å². The van der Waals surface area contributed by atoms with Gasteiger partial charge < -0.3 is 10.2 Å². The normalized spacial score (nSPS) is 12.3. The number of sulfonamides is 1. The van der Waals surface area contributed by atoms with Crippen LogP contribution in [-0.2, 0) is 26.0 Å². The van der Waals surface area contributed by atoms with E-state index in [4.69, 9.17) is 0 Å². The van der Waals surface area contributed by atoms with E-state index in [1.165, 1.54) is 5.56 Å². The van der Waals surface area contributed by atoms with Crippen molar-refractivity contribution in [1.82, 2.24) is 4.72 Å². The number of likely N-dealkylation sites (N-methyl/N-ethyl adjacent to an activating group) is 1. The van der Waals surface area contributed by atoms with Gasteiger partial charge in [-0.3, -0.25) is 9.59 Å². The molecule has 2 N–H and O–H groups in total. The molecule has 0 aliphatic heterocycles. The van der Waals surface area contributed by atoms with Crippen molar-refractivity contribution >= 4 is 44.5 Å². The maximum Gasteiger partial charge on any atom is 0.278 e. The highest BCUT2D eigenvalue weighted by atomic mass is 32.2. The summed E-state index contributed by atoms with van der Waals surface area (Å²) in [5, 5.41) is 2.84. The number of ketones is 1. The highest BCUT2D eigenvalue weighted by Crippen LogP contribution is 2.27. The molecule has 208 valence electrons. The van der Waals surface area contributed by atoms with Crippen LogP contribution >= 0.6 is 0 Å². The first-order valence-corrected chi connectivity index (χ1v) is 15.0. The Morgan fingerprint density at radius 1 is 1.03 bits per heavy atom. The summed E-state index contributed by atoms with van der Waals surface area (Å²) in [6.07, 6.45) is 4.34. The largest absolute Gasteiger partial charge is 0.370 e. The monoisotopic (exact) mass is 542 g/mol. The topological polar surface area (TPSA) is 108 Å². The van der Waals surface area contributed by atoms with Crippen LogP contribution < -0.4 is 14.9 Å². The molecule has 0 fully saturated rings. The van der Waals surface area contributed by atoms with Gasteiger partial charge >= 0.3 is 0 Å². The summed E-state index contributed by atoms with van der Waals surface area (Å²) in [6, 6.07) is 13.2. The number of aryl methyl sites for hydroxylation is 2. The Hall–Kier alpha value is -3.04. The van der Waals surface area contributed by atoms with Crippen LogP contribution in [0.1, 0.15) is 58.6 Å². The number of carbonyl (C=O) groups is 2. The number of unbranched alkanes of at least 4 members (excludes halogenated alkanes) is 1. The van der Waals surface area contributed by atoms with Crippen LogP contribution in [0.5, 0.6) is 0 Å². The average molecular weight is 543 g/mol. The molecule has 2 aromatic carbocycles. The quantitative estimate of drug-likeness (QED) is 0.272. The molecule has 0 aromatic heterocycles. The van der Waals surface area contributed by atoms with Gasteiger partial charge in [-0.2, -0.15) is 0 Å². The van der Waals surface area contributed by atoms with Gasteiger partial charge in [0.1, 0.15) is 0 Å². The average Bonchev–Trinajstić information content (AvgIpc) is 2.84. The van der Waals surface area contributed by atoms with Crippen LogP contribution in [0.25, 0.3) is 0 Å². The lowest BCUT2D eigenvalue weighted by Gasteiger charge is -2.24. The highest BCUT2D eigenvalue weighted by molar-refractivity contribution is 7.88. The van der Waals surface area contributed by atoms with Gasteiger partial charge in [0.15, 0.2) is 11.5 Å². The summed E-state index contributed by atoms with van der Waals surface area (Å²) in [7, 11) is -3.26. The van der Waals surface area contributed by atoms with Crippen LogP contribution in [0.2, 0.25) is 0 Å². The Labute approximate surface area is 228 Å². The number of anilines is 2. The van der Waals surface area contributed by atoms with Crippen molar-refractivity contribution in [2.75, 3.05) is 36.1 Å². The van der Waals surface area contributed by atoms with E-state index in [0.717, 1.165) is 36.8 Å². The van der Waals surface area contributed by atoms with E-state index >= 15 is 0 Å². The SMILES string of the molecule is CCCCc1ccc(NC(=O)C(=Nc2ccc(N(CC)CCNS(C)(=O)=O)cc2C)C(=O)C(C)(C)C)cc1. The number of nitrogens with zero attached hydrogens (tertiary/aromatic N) is 2. The van der Waals surface area contributed by atoms with E-state index in [9.17, 15) is 18.0 Å². The maximum absolute atomic E-state index is 13.3. The Morgan fingerprint density at radius 3 is 2.21 bits per heavy atom. The number of aliphatic imine (C=N–C) groups is 1. The first-order valence-electron chi connectivity index (χ1n) is 13.1. The number of hydrogen-bond donors (Lipinski definition) is 2. The lowest BCUT2D eigenvalue weighted by Crippen LogP contribution is -2.37. The molecule has 0 saturated carbocycles. The summed E-state index contributed by atoms with van der Waals surface area (Å²) in [4.78, 5) is 33.1. The van der Waals surface area contributed by atoms with Gasteiger partial charge in [-0.15, -0.1) is 0 Å². The fourth-order valence-electron chi connectivity index (χ4n) is 3.80. The third-order valence-corrected chi connectivity index (χ3v) is 6.78. The van der Waals surface area contributed by atoms with Gasteiger partial charge in [-0.05, 0) is 68.1 Å². The van der Waals surface area contributed by atoms with Gasteiger partial charge in [-0.25, -0.2) is 18.1 Å². The van der Waals surface area contributed by atoms with Gasteiger partial charge in [0.25, 0.3) is 5.91 Å². The van der Waals surface area contributed by atoms with Gasteiger partial charge in [-0.1, -0.05) is 46.2 Å². The van der Waals surface area contributed by atoms with E-state index in [0.29, 0.717) is 24.5 Å². The molecule has 0 spiro atoms. The Morgan fingerprint density at radius 2 is 1.68 bits per heavy atom. The molecule has 9 heteroatoms. The zero-order valence-corrected chi connectivity index (χ0v) is 24.5. The molecule has 2 rings (SSSR count). The summed E-state index contributed by atoms with van der Waals surface area (Å²) < 4.78 is 25.3. The van der Waals surface area contributed by atoms with Crippen LogP contribution in [-0.4, -0.2) is 51.7 Å².